The van der Waals surface area contributed by atoms with Gasteiger partial charge in [-0.25, -0.2) is 0 Å². The zero-order valence-corrected chi connectivity index (χ0v) is 36.3. The zero-order chi connectivity index (χ0) is 51.5. The van der Waals surface area contributed by atoms with Crippen molar-refractivity contribution in [1.82, 2.24) is 0 Å². The molecular weight excluding hydrogens is 807 g/mol. The van der Waals surface area contributed by atoms with Gasteiger partial charge in [-0.1, -0.05) is 224 Å². The molecule has 0 bridgehead atoms. The summed E-state index contributed by atoms with van der Waals surface area (Å²) in [5.41, 5.74) is 8.54. The summed E-state index contributed by atoms with van der Waals surface area (Å²) < 4.78 is 78.0. The molecule has 0 radical (unpaired) electrons. The highest BCUT2D eigenvalue weighted by Crippen LogP contribution is 2.42. The zero-order valence-electron chi connectivity index (χ0n) is 44.3. The van der Waals surface area contributed by atoms with E-state index in [0.717, 1.165) is 76.8 Å². The number of anilines is 3. The molecule has 12 aromatic carbocycles. The second kappa shape index (κ2) is 17.3. The van der Waals surface area contributed by atoms with E-state index in [2.05, 4.69) is 72.8 Å². The van der Waals surface area contributed by atoms with Crippen molar-refractivity contribution < 1.29 is 11.0 Å². The topological polar surface area (TPSA) is 3.24 Å². The Balaban J connectivity index is 1.02. The Labute approximate surface area is 403 Å². The van der Waals surface area contributed by atoms with Crippen LogP contribution in [0.5, 0.6) is 0 Å². The van der Waals surface area contributed by atoms with Gasteiger partial charge in [0.1, 0.15) is 0 Å². The normalized spacial score (nSPS) is 13.0. The summed E-state index contributed by atoms with van der Waals surface area (Å²) in [4.78, 5) is 1.37. The first kappa shape index (κ1) is 32.0. The van der Waals surface area contributed by atoms with E-state index in [0.29, 0.717) is 16.8 Å². The van der Waals surface area contributed by atoms with Crippen molar-refractivity contribution in [2.45, 2.75) is 0 Å². The maximum atomic E-state index is 9.89. The molecule has 0 atom stereocenters. The summed E-state index contributed by atoms with van der Waals surface area (Å²) in [6, 6.07) is 70.3. The van der Waals surface area contributed by atoms with E-state index in [4.69, 9.17) is 0 Å². The Hall–Kier alpha value is -8.78. The Bertz CT molecular complexity index is 4150. The number of hydrogen-bond donors (Lipinski definition) is 0. The third-order valence-electron chi connectivity index (χ3n) is 12.6. The summed E-state index contributed by atoms with van der Waals surface area (Å²) in [6.45, 7) is 0. The van der Waals surface area contributed by atoms with Crippen LogP contribution in [0.1, 0.15) is 11.0 Å². The van der Waals surface area contributed by atoms with Crippen LogP contribution in [0.15, 0.2) is 273 Å². The summed E-state index contributed by atoms with van der Waals surface area (Å²) in [7, 11) is 0. The van der Waals surface area contributed by atoms with E-state index in [1.807, 2.05) is 127 Å². The van der Waals surface area contributed by atoms with Crippen LogP contribution in [0, 0.1) is 0 Å². The van der Waals surface area contributed by atoms with Gasteiger partial charge in [0.25, 0.3) is 0 Å². The summed E-state index contributed by atoms with van der Waals surface area (Å²) in [5.74, 6) is 0. The minimum atomic E-state index is -0.407. The van der Waals surface area contributed by atoms with Crippen molar-refractivity contribution in [3.05, 3.63) is 273 Å². The van der Waals surface area contributed by atoms with Crippen LogP contribution >= 0.6 is 0 Å². The van der Waals surface area contributed by atoms with E-state index in [1.54, 1.807) is 24.3 Å². The van der Waals surface area contributed by atoms with Gasteiger partial charge in [0, 0.05) is 17.1 Å². The fourth-order valence-electron chi connectivity index (χ4n) is 9.22. The fraction of sp³-hybridized carbons (Fsp3) is 0. The molecule has 12 aromatic rings. The molecule has 0 aliphatic carbocycles. The summed E-state index contributed by atoms with van der Waals surface area (Å²) in [6.07, 6.45) is 0. The van der Waals surface area contributed by atoms with E-state index in [-0.39, 0.29) is 46.7 Å². The van der Waals surface area contributed by atoms with Crippen LogP contribution < -0.4 is 4.90 Å². The van der Waals surface area contributed by atoms with E-state index < -0.39 is 24.2 Å². The maximum Gasteiger partial charge on any atom is 0.0645 e. The van der Waals surface area contributed by atoms with Crippen molar-refractivity contribution in [1.29, 1.82) is 0 Å². The maximum absolute atomic E-state index is 9.89. The molecular formula is C66H45N. The standard InChI is InChI=1S/C66H45N/c1-2-13-52(14-3-1)65-43-36-53-16-7-9-22-64(53)66(65)54-34-41-61(42-35-54)67(59-37-30-48(31-38-59)47-24-26-49(27-25-47)57-29-28-46-12-4-5-17-55(46)44-57)60-39-32-50(33-40-60)56-19-10-20-58(45-56)63-23-11-18-51-15-6-8-21-62(51)63/h1-45H/i30D,31D,34D,35D,37D,38D,41D,42D. The lowest BCUT2D eigenvalue weighted by molar-refractivity contribution is 1.28. The molecule has 0 N–H and O–H groups in total. The quantitative estimate of drug-likeness (QED) is 0.140. The molecule has 12 rings (SSSR count). The van der Waals surface area contributed by atoms with Crippen molar-refractivity contribution >= 4 is 49.4 Å². The molecule has 0 spiro atoms. The van der Waals surface area contributed by atoms with Gasteiger partial charge in [-0.3, -0.25) is 0 Å². The molecule has 0 aliphatic heterocycles. The molecule has 314 valence electrons. The van der Waals surface area contributed by atoms with Crippen molar-refractivity contribution in [2.75, 3.05) is 4.90 Å². The minimum absolute atomic E-state index is 0.0967. The molecule has 0 unspecified atom stereocenters. The Morgan fingerprint density at radius 2 is 0.716 bits per heavy atom. The number of fused-ring (bicyclic) bond motifs is 3. The Morgan fingerprint density at radius 3 is 1.43 bits per heavy atom. The van der Waals surface area contributed by atoms with Gasteiger partial charge < -0.3 is 4.90 Å². The number of benzene rings is 12. The second-order valence-electron chi connectivity index (χ2n) is 16.7. The fourth-order valence-corrected chi connectivity index (χ4v) is 9.22. The molecule has 0 aliphatic rings. The molecule has 0 aromatic heterocycles. The molecule has 1 heteroatoms. The number of hydrogen-bond acceptors (Lipinski definition) is 1. The first-order valence-corrected chi connectivity index (χ1v) is 22.4. The number of nitrogens with zero attached hydrogens (tertiary/aromatic N) is 1. The first-order chi connectivity index (χ1) is 36.5. The van der Waals surface area contributed by atoms with Crippen LogP contribution in [-0.4, -0.2) is 0 Å². The Kier molecular flexibility index (Phi) is 8.26. The predicted octanol–water partition coefficient (Wildman–Crippen LogP) is 18.6. The number of rotatable bonds is 9. The lowest BCUT2D eigenvalue weighted by Crippen LogP contribution is -2.09. The largest absolute Gasteiger partial charge is 0.311 e. The summed E-state index contributed by atoms with van der Waals surface area (Å²) in [5, 5.41) is 6.11. The van der Waals surface area contributed by atoms with Crippen LogP contribution in [0.4, 0.5) is 17.1 Å². The highest BCUT2D eigenvalue weighted by atomic mass is 15.1. The third kappa shape index (κ3) is 7.73. The van der Waals surface area contributed by atoms with Gasteiger partial charge >= 0.3 is 0 Å². The van der Waals surface area contributed by atoms with Gasteiger partial charge in [0.2, 0.25) is 0 Å². The molecule has 1 nitrogen and oxygen atoms in total. The Morgan fingerprint density at radius 1 is 0.239 bits per heavy atom. The van der Waals surface area contributed by atoms with Crippen molar-refractivity contribution in [3.63, 3.8) is 0 Å². The molecule has 0 saturated heterocycles. The summed E-state index contributed by atoms with van der Waals surface area (Å²) >= 11 is 0. The minimum Gasteiger partial charge on any atom is -0.311 e. The average molecular weight is 860 g/mol. The predicted molar refractivity (Wildman–Crippen MR) is 286 cm³/mol. The van der Waals surface area contributed by atoms with Gasteiger partial charge in [0.15, 0.2) is 0 Å². The smallest absolute Gasteiger partial charge is 0.0645 e. The van der Waals surface area contributed by atoms with E-state index in [9.17, 15) is 11.0 Å². The molecule has 0 amide bonds. The van der Waals surface area contributed by atoms with Gasteiger partial charge in [-0.15, -0.1) is 0 Å². The lowest BCUT2D eigenvalue weighted by atomic mass is 9.89. The lowest BCUT2D eigenvalue weighted by Gasteiger charge is -2.26. The average Bonchev–Trinajstić information content (AvgIpc) is 3.46. The van der Waals surface area contributed by atoms with Crippen LogP contribution in [0.3, 0.4) is 0 Å². The monoisotopic (exact) mass is 859 g/mol. The second-order valence-corrected chi connectivity index (χ2v) is 16.7. The van der Waals surface area contributed by atoms with Crippen LogP contribution in [-0.2, 0) is 0 Å². The highest BCUT2D eigenvalue weighted by Gasteiger charge is 2.17. The third-order valence-corrected chi connectivity index (χ3v) is 12.6. The van der Waals surface area contributed by atoms with Crippen molar-refractivity contribution in [2.24, 2.45) is 0 Å². The van der Waals surface area contributed by atoms with E-state index >= 15 is 0 Å². The molecule has 0 heterocycles. The highest BCUT2D eigenvalue weighted by molar-refractivity contribution is 6.04. The molecule has 67 heavy (non-hydrogen) atoms. The van der Waals surface area contributed by atoms with Gasteiger partial charge in [-0.2, -0.15) is 0 Å². The molecule has 0 saturated carbocycles. The van der Waals surface area contributed by atoms with Gasteiger partial charge in [-0.05, 0) is 148 Å². The van der Waals surface area contributed by atoms with Gasteiger partial charge in [0.05, 0.1) is 11.0 Å². The van der Waals surface area contributed by atoms with Crippen LogP contribution in [0.25, 0.3) is 99.1 Å². The van der Waals surface area contributed by atoms with Crippen molar-refractivity contribution in [3.8, 4) is 66.8 Å². The SMILES string of the molecule is [2H]c1c([2H])c(N(c2ccc(-c3cccc(-c4cccc5ccccc45)c3)cc2)c2c([2H])c([2H])c(-c3c(-c4ccccc4)ccc4ccccc34)c([2H])c2[2H])c([2H])c([2H])c1-c1ccc(-c2ccc3ccccc3c2)cc1. The molecule has 0 fully saturated rings. The van der Waals surface area contributed by atoms with Crippen LogP contribution in [0.2, 0.25) is 0 Å². The first-order valence-electron chi connectivity index (χ1n) is 26.4. The van der Waals surface area contributed by atoms with E-state index in [1.165, 1.54) is 4.90 Å².